The van der Waals surface area contributed by atoms with Crippen LogP contribution < -0.4 is 15.5 Å². The van der Waals surface area contributed by atoms with Crippen molar-refractivity contribution in [3.8, 4) is 0 Å². The number of thiazole rings is 1. The SMILES string of the molecule is O=C(Nc1nccs1)[C@@H]1CC(F)(F)CN1c1nc2c(c(Nc3cc(C4CCCC4)[nH]n3)n1)CCC2. The molecule has 4 heterocycles. The second-order valence-electron chi connectivity index (χ2n) is 9.50. The lowest BCUT2D eigenvalue weighted by molar-refractivity contribution is -0.118. The van der Waals surface area contributed by atoms with Gasteiger partial charge >= 0.3 is 0 Å². The van der Waals surface area contributed by atoms with Gasteiger partial charge in [-0.15, -0.1) is 11.3 Å². The monoisotopic (exact) mass is 500 g/mol. The van der Waals surface area contributed by atoms with Gasteiger partial charge in [-0.25, -0.2) is 18.7 Å². The van der Waals surface area contributed by atoms with Crippen LogP contribution in [0.15, 0.2) is 17.6 Å². The summed E-state index contributed by atoms with van der Waals surface area (Å²) in [6.45, 7) is -0.616. The summed E-state index contributed by atoms with van der Waals surface area (Å²) in [5.41, 5.74) is 2.92. The molecule has 2 aliphatic carbocycles. The molecule has 6 rings (SSSR count). The van der Waals surface area contributed by atoms with Crippen molar-refractivity contribution in [2.45, 2.75) is 69.2 Å². The normalized spacial score (nSPS) is 21.4. The molecule has 0 spiro atoms. The molecule has 0 bridgehead atoms. The number of alkyl halides is 2. The van der Waals surface area contributed by atoms with Crippen LogP contribution in [0.1, 0.15) is 61.4 Å². The summed E-state index contributed by atoms with van der Waals surface area (Å²) >= 11 is 1.24. The quantitative estimate of drug-likeness (QED) is 0.460. The third-order valence-electron chi connectivity index (χ3n) is 7.05. The zero-order valence-electron chi connectivity index (χ0n) is 19.1. The minimum Gasteiger partial charge on any atom is -0.323 e. The number of anilines is 4. The molecule has 0 unspecified atom stereocenters. The number of carbonyl (C=O) groups excluding carboxylic acids is 1. The largest absolute Gasteiger partial charge is 0.323 e. The lowest BCUT2D eigenvalue weighted by Crippen LogP contribution is -2.41. The molecular formula is C23H26F2N8OS. The molecule has 0 aromatic carbocycles. The molecule has 3 aromatic rings. The van der Waals surface area contributed by atoms with Gasteiger partial charge in [0.05, 0.1) is 12.2 Å². The van der Waals surface area contributed by atoms with E-state index in [1.165, 1.54) is 29.1 Å². The van der Waals surface area contributed by atoms with Crippen LogP contribution in [0, 0.1) is 0 Å². The highest BCUT2D eigenvalue weighted by molar-refractivity contribution is 7.13. The van der Waals surface area contributed by atoms with E-state index in [-0.39, 0.29) is 5.95 Å². The van der Waals surface area contributed by atoms with Crippen molar-refractivity contribution in [2.24, 2.45) is 0 Å². The fraction of sp³-hybridized carbons (Fsp3) is 0.522. The minimum atomic E-state index is -3.03. The Morgan fingerprint density at radius 2 is 2.06 bits per heavy atom. The number of nitrogens with one attached hydrogen (secondary N) is 3. The third-order valence-corrected chi connectivity index (χ3v) is 7.74. The molecule has 1 atom stereocenters. The van der Waals surface area contributed by atoms with Crippen molar-refractivity contribution < 1.29 is 13.6 Å². The van der Waals surface area contributed by atoms with Crippen LogP contribution in [0.3, 0.4) is 0 Å². The van der Waals surface area contributed by atoms with Crippen LogP contribution in [0.4, 0.5) is 31.5 Å². The molecule has 35 heavy (non-hydrogen) atoms. The molecule has 1 aliphatic heterocycles. The van der Waals surface area contributed by atoms with E-state index in [9.17, 15) is 13.6 Å². The van der Waals surface area contributed by atoms with Gasteiger partial charge in [0.2, 0.25) is 11.9 Å². The van der Waals surface area contributed by atoms with Gasteiger partial charge in [-0.1, -0.05) is 12.8 Å². The van der Waals surface area contributed by atoms with E-state index < -0.39 is 30.8 Å². The summed E-state index contributed by atoms with van der Waals surface area (Å²) in [5, 5.41) is 15.6. The van der Waals surface area contributed by atoms with Crippen LogP contribution in [0.2, 0.25) is 0 Å². The number of hydrogen-bond acceptors (Lipinski definition) is 8. The predicted octanol–water partition coefficient (Wildman–Crippen LogP) is 4.40. The minimum absolute atomic E-state index is 0.135. The summed E-state index contributed by atoms with van der Waals surface area (Å²) in [6.07, 6.45) is 8.19. The van der Waals surface area contributed by atoms with E-state index in [2.05, 4.69) is 35.8 Å². The number of fused-ring (bicyclic) bond motifs is 1. The molecule has 0 radical (unpaired) electrons. The summed E-state index contributed by atoms with van der Waals surface area (Å²) < 4.78 is 29.0. The van der Waals surface area contributed by atoms with E-state index in [1.807, 2.05) is 6.07 Å². The van der Waals surface area contributed by atoms with Crippen molar-refractivity contribution >= 4 is 40.0 Å². The number of aromatic amines is 1. The Morgan fingerprint density at radius 1 is 1.20 bits per heavy atom. The Hall–Kier alpha value is -3.15. The second-order valence-corrected chi connectivity index (χ2v) is 10.4. The first kappa shape index (κ1) is 22.3. The molecule has 1 saturated carbocycles. The van der Waals surface area contributed by atoms with Gasteiger partial charge in [-0.05, 0) is 32.1 Å². The van der Waals surface area contributed by atoms with Gasteiger partial charge < -0.3 is 15.5 Å². The summed E-state index contributed by atoms with van der Waals surface area (Å²) in [6, 6.07) is 0.911. The maximum absolute atomic E-state index is 14.5. The third kappa shape index (κ3) is 4.46. The Bertz CT molecular complexity index is 1220. The number of nitrogens with zero attached hydrogens (tertiary/aromatic N) is 5. The number of halogens is 2. The Morgan fingerprint density at radius 3 is 2.86 bits per heavy atom. The molecule has 3 aromatic heterocycles. The predicted molar refractivity (Wildman–Crippen MR) is 129 cm³/mol. The number of rotatable bonds is 6. The molecule has 3 N–H and O–H groups in total. The van der Waals surface area contributed by atoms with Crippen LogP contribution in [-0.4, -0.2) is 49.6 Å². The molecular weight excluding hydrogens is 474 g/mol. The summed E-state index contributed by atoms with van der Waals surface area (Å²) in [7, 11) is 0. The standard InChI is InChI=1S/C23H26F2N8OS/c24-23(25)11-17(20(34)30-22-26-8-9-35-22)33(12-23)21-27-15-7-3-6-14(15)19(29-21)28-18-10-16(31-32-18)13-4-1-2-5-13/h8-10,13,17H,1-7,11-12H2,(H,26,30,34)(H2,27,28,29,31,32)/t17-/m0/s1. The highest BCUT2D eigenvalue weighted by Crippen LogP contribution is 2.38. The Labute approximate surface area is 204 Å². The van der Waals surface area contributed by atoms with E-state index in [4.69, 9.17) is 0 Å². The van der Waals surface area contributed by atoms with Gasteiger partial charge in [0.15, 0.2) is 10.9 Å². The average molecular weight is 501 g/mol. The van der Waals surface area contributed by atoms with Gasteiger partial charge in [-0.2, -0.15) is 10.1 Å². The number of hydrogen-bond donors (Lipinski definition) is 3. The zero-order valence-corrected chi connectivity index (χ0v) is 19.9. The zero-order chi connectivity index (χ0) is 24.0. The topological polar surface area (TPSA) is 112 Å². The lowest BCUT2D eigenvalue weighted by Gasteiger charge is -2.24. The highest BCUT2D eigenvalue weighted by atomic mass is 32.1. The number of H-pyrrole nitrogens is 1. The van der Waals surface area contributed by atoms with E-state index >= 15 is 0 Å². The molecule has 3 aliphatic rings. The summed E-state index contributed by atoms with van der Waals surface area (Å²) in [5.74, 6) is -1.72. The maximum atomic E-state index is 14.5. The molecule has 12 heteroatoms. The van der Waals surface area contributed by atoms with Crippen LogP contribution in [0.25, 0.3) is 0 Å². The molecule has 184 valence electrons. The van der Waals surface area contributed by atoms with Gasteiger partial charge in [-0.3, -0.25) is 9.89 Å². The highest BCUT2D eigenvalue weighted by Gasteiger charge is 2.49. The fourth-order valence-electron chi connectivity index (χ4n) is 5.35. The first-order valence-electron chi connectivity index (χ1n) is 12.0. The molecule has 9 nitrogen and oxygen atoms in total. The Kier molecular flexibility index (Phi) is 5.62. The molecule has 1 saturated heterocycles. The van der Waals surface area contributed by atoms with Crippen molar-refractivity contribution in [1.82, 2.24) is 25.1 Å². The van der Waals surface area contributed by atoms with Crippen molar-refractivity contribution in [3.63, 3.8) is 0 Å². The first-order chi connectivity index (χ1) is 16.9. The van der Waals surface area contributed by atoms with Gasteiger partial charge in [0.1, 0.15) is 11.9 Å². The number of amides is 1. The van der Waals surface area contributed by atoms with Crippen molar-refractivity contribution in [1.29, 1.82) is 0 Å². The summed E-state index contributed by atoms with van der Waals surface area (Å²) in [4.78, 5) is 27.5. The number of aryl methyl sites for hydroxylation is 1. The van der Waals surface area contributed by atoms with Crippen LogP contribution in [-0.2, 0) is 17.6 Å². The van der Waals surface area contributed by atoms with E-state index in [0.29, 0.717) is 22.7 Å². The van der Waals surface area contributed by atoms with E-state index in [0.717, 1.165) is 49.1 Å². The van der Waals surface area contributed by atoms with Gasteiger partial charge in [0, 0.05) is 41.2 Å². The smallest absolute Gasteiger partial charge is 0.267 e. The van der Waals surface area contributed by atoms with Crippen LogP contribution >= 0.6 is 11.3 Å². The number of aromatic nitrogens is 5. The second kappa shape index (κ2) is 8.81. The number of carbonyl (C=O) groups is 1. The van der Waals surface area contributed by atoms with Gasteiger partial charge in [0.25, 0.3) is 5.92 Å². The van der Waals surface area contributed by atoms with Crippen molar-refractivity contribution in [2.75, 3.05) is 22.1 Å². The molecule has 2 fully saturated rings. The Balaban J connectivity index is 1.29. The lowest BCUT2D eigenvalue weighted by atomic mass is 10.0. The first-order valence-corrected chi connectivity index (χ1v) is 12.9. The van der Waals surface area contributed by atoms with Crippen LogP contribution in [0.5, 0.6) is 0 Å². The molecule has 1 amide bonds. The maximum Gasteiger partial charge on any atom is 0.267 e. The van der Waals surface area contributed by atoms with Crippen molar-refractivity contribution in [3.05, 3.63) is 34.6 Å². The fourth-order valence-corrected chi connectivity index (χ4v) is 5.89. The average Bonchev–Trinajstić information content (AvgIpc) is 3.63. The van der Waals surface area contributed by atoms with E-state index in [1.54, 1.807) is 11.6 Å².